The number of carbonyl (C=O) groups is 1. The number of aliphatic carboxylic acids is 1. The fraction of sp³-hybridized carbons (Fsp3) is 0.188. The third-order valence-electron chi connectivity index (χ3n) is 2.90. The minimum absolute atomic E-state index is 0.416. The van der Waals surface area contributed by atoms with E-state index >= 15 is 0 Å². The molecule has 0 aliphatic rings. The summed E-state index contributed by atoms with van der Waals surface area (Å²) in [5.41, 5.74) is 2.20. The van der Waals surface area contributed by atoms with Crippen molar-refractivity contribution >= 4 is 33.7 Å². The number of carboxylic acids is 1. The molecule has 0 aromatic heterocycles. The fourth-order valence-electron chi connectivity index (χ4n) is 1.82. The lowest BCUT2D eigenvalue weighted by molar-refractivity contribution is -0.136. The van der Waals surface area contributed by atoms with Gasteiger partial charge in [-0.25, -0.2) is 0 Å². The lowest BCUT2D eigenvalue weighted by atomic mass is 10.1. The summed E-state index contributed by atoms with van der Waals surface area (Å²) in [6.45, 7) is 0. The van der Waals surface area contributed by atoms with Crippen molar-refractivity contribution in [2.24, 2.45) is 0 Å². The van der Waals surface area contributed by atoms with E-state index in [1.165, 1.54) is 11.8 Å². The molecule has 104 valence electrons. The second-order valence-corrected chi connectivity index (χ2v) is 6.56. The SMILES string of the molecule is O=C(O)C(Cc1ccccc1)SCc1ccc(Br)cc1. The van der Waals surface area contributed by atoms with Crippen LogP contribution < -0.4 is 0 Å². The van der Waals surface area contributed by atoms with Crippen LogP contribution in [-0.4, -0.2) is 16.3 Å². The summed E-state index contributed by atoms with van der Waals surface area (Å²) in [6.07, 6.45) is 0.553. The monoisotopic (exact) mass is 350 g/mol. The van der Waals surface area contributed by atoms with E-state index in [1.807, 2.05) is 54.6 Å². The van der Waals surface area contributed by atoms with Gasteiger partial charge in [-0.15, -0.1) is 11.8 Å². The van der Waals surface area contributed by atoms with Crippen LogP contribution in [0.1, 0.15) is 11.1 Å². The van der Waals surface area contributed by atoms with Crippen molar-refractivity contribution in [3.8, 4) is 0 Å². The molecule has 0 amide bonds. The molecule has 0 saturated carbocycles. The Morgan fingerprint density at radius 2 is 1.70 bits per heavy atom. The van der Waals surface area contributed by atoms with Crippen molar-refractivity contribution in [1.82, 2.24) is 0 Å². The highest BCUT2D eigenvalue weighted by Gasteiger charge is 2.18. The zero-order valence-corrected chi connectivity index (χ0v) is 13.2. The molecule has 2 nitrogen and oxygen atoms in total. The lowest BCUT2D eigenvalue weighted by Gasteiger charge is -2.12. The van der Waals surface area contributed by atoms with Gasteiger partial charge in [-0.2, -0.15) is 0 Å². The van der Waals surface area contributed by atoms with E-state index in [9.17, 15) is 9.90 Å². The molecule has 4 heteroatoms. The Hall–Kier alpha value is -1.26. The van der Waals surface area contributed by atoms with Crippen LogP contribution in [0.4, 0.5) is 0 Å². The number of carboxylic acid groups (broad SMARTS) is 1. The quantitative estimate of drug-likeness (QED) is 0.839. The first-order valence-corrected chi connectivity index (χ1v) is 8.12. The Morgan fingerprint density at radius 1 is 1.05 bits per heavy atom. The van der Waals surface area contributed by atoms with Crippen molar-refractivity contribution in [3.63, 3.8) is 0 Å². The van der Waals surface area contributed by atoms with Crippen LogP contribution in [0, 0.1) is 0 Å². The van der Waals surface area contributed by atoms with E-state index in [0.717, 1.165) is 15.6 Å². The Kier molecular flexibility index (Phi) is 5.68. The number of thioether (sulfide) groups is 1. The molecule has 0 spiro atoms. The van der Waals surface area contributed by atoms with Crippen LogP contribution in [0.15, 0.2) is 59.1 Å². The van der Waals surface area contributed by atoms with Gasteiger partial charge < -0.3 is 5.11 Å². The maximum Gasteiger partial charge on any atom is 0.316 e. The van der Waals surface area contributed by atoms with Crippen LogP contribution in [-0.2, 0) is 17.0 Å². The summed E-state index contributed by atoms with van der Waals surface area (Å²) < 4.78 is 1.03. The molecule has 0 saturated heterocycles. The van der Waals surface area contributed by atoms with Gasteiger partial charge in [0.25, 0.3) is 0 Å². The van der Waals surface area contributed by atoms with Crippen LogP contribution in [0.3, 0.4) is 0 Å². The first-order valence-electron chi connectivity index (χ1n) is 6.28. The van der Waals surface area contributed by atoms with Crippen molar-refractivity contribution < 1.29 is 9.90 Å². The predicted molar refractivity (Wildman–Crippen MR) is 87.0 cm³/mol. The smallest absolute Gasteiger partial charge is 0.316 e. The molecule has 2 aromatic rings. The van der Waals surface area contributed by atoms with E-state index in [2.05, 4.69) is 15.9 Å². The number of rotatable bonds is 6. The maximum atomic E-state index is 11.4. The first-order chi connectivity index (χ1) is 9.65. The Balaban J connectivity index is 1.96. The normalized spacial score (nSPS) is 12.1. The Morgan fingerprint density at radius 3 is 2.30 bits per heavy atom. The Bertz CT molecular complexity index is 554. The molecular weight excluding hydrogens is 336 g/mol. The maximum absolute atomic E-state index is 11.4. The molecule has 1 N–H and O–H groups in total. The molecule has 1 atom stereocenters. The third-order valence-corrected chi connectivity index (χ3v) is 4.70. The van der Waals surface area contributed by atoms with E-state index in [-0.39, 0.29) is 0 Å². The average molecular weight is 351 g/mol. The van der Waals surface area contributed by atoms with Crippen molar-refractivity contribution in [2.45, 2.75) is 17.4 Å². The van der Waals surface area contributed by atoms with E-state index in [0.29, 0.717) is 12.2 Å². The van der Waals surface area contributed by atoms with Crippen molar-refractivity contribution in [1.29, 1.82) is 0 Å². The summed E-state index contributed by atoms with van der Waals surface area (Å²) in [6, 6.07) is 17.7. The lowest BCUT2D eigenvalue weighted by Crippen LogP contribution is -2.19. The van der Waals surface area contributed by atoms with Gasteiger partial charge in [0, 0.05) is 10.2 Å². The van der Waals surface area contributed by atoms with Gasteiger partial charge >= 0.3 is 5.97 Å². The van der Waals surface area contributed by atoms with Gasteiger partial charge in [-0.3, -0.25) is 4.79 Å². The highest BCUT2D eigenvalue weighted by molar-refractivity contribution is 9.10. The number of hydrogen-bond donors (Lipinski definition) is 1. The molecule has 20 heavy (non-hydrogen) atoms. The molecule has 0 heterocycles. The van der Waals surface area contributed by atoms with Crippen LogP contribution in [0.5, 0.6) is 0 Å². The van der Waals surface area contributed by atoms with E-state index in [1.54, 1.807) is 0 Å². The zero-order valence-electron chi connectivity index (χ0n) is 10.8. The van der Waals surface area contributed by atoms with Gasteiger partial charge in [0.05, 0.1) is 0 Å². The Labute approximate surface area is 131 Å². The minimum atomic E-state index is -0.754. The van der Waals surface area contributed by atoms with Gasteiger partial charge in [-0.05, 0) is 29.7 Å². The minimum Gasteiger partial charge on any atom is -0.480 e. The number of halogens is 1. The molecule has 0 aliphatic carbocycles. The van der Waals surface area contributed by atoms with Gasteiger partial charge in [0.2, 0.25) is 0 Å². The standard InChI is InChI=1S/C16H15BrO2S/c17-14-8-6-13(7-9-14)11-20-15(16(18)19)10-12-4-2-1-3-5-12/h1-9,15H,10-11H2,(H,18,19). The zero-order chi connectivity index (χ0) is 14.4. The summed E-state index contributed by atoms with van der Waals surface area (Å²) >= 11 is 4.86. The largest absolute Gasteiger partial charge is 0.480 e. The summed E-state index contributed by atoms with van der Waals surface area (Å²) in [5.74, 6) is -0.0483. The highest BCUT2D eigenvalue weighted by Crippen LogP contribution is 2.22. The van der Waals surface area contributed by atoms with Crippen LogP contribution >= 0.6 is 27.7 Å². The molecular formula is C16H15BrO2S. The molecule has 2 rings (SSSR count). The van der Waals surface area contributed by atoms with Gasteiger partial charge in [0.15, 0.2) is 0 Å². The first kappa shape index (κ1) is 15.1. The van der Waals surface area contributed by atoms with Gasteiger partial charge in [0.1, 0.15) is 5.25 Å². The molecule has 1 unspecified atom stereocenters. The van der Waals surface area contributed by atoms with Crippen LogP contribution in [0.2, 0.25) is 0 Å². The molecule has 0 radical (unpaired) electrons. The summed E-state index contributed by atoms with van der Waals surface area (Å²) in [5, 5.41) is 8.91. The highest BCUT2D eigenvalue weighted by atomic mass is 79.9. The van der Waals surface area contributed by atoms with Crippen molar-refractivity contribution in [3.05, 3.63) is 70.2 Å². The number of hydrogen-bond acceptors (Lipinski definition) is 2. The van der Waals surface area contributed by atoms with Crippen molar-refractivity contribution in [2.75, 3.05) is 0 Å². The molecule has 0 aliphatic heterocycles. The topological polar surface area (TPSA) is 37.3 Å². The third kappa shape index (κ3) is 4.69. The summed E-state index contributed by atoms with van der Waals surface area (Å²) in [4.78, 5) is 11.4. The fourth-order valence-corrected chi connectivity index (χ4v) is 3.13. The van der Waals surface area contributed by atoms with E-state index in [4.69, 9.17) is 0 Å². The van der Waals surface area contributed by atoms with E-state index < -0.39 is 11.2 Å². The number of benzene rings is 2. The molecule has 2 aromatic carbocycles. The average Bonchev–Trinajstić information content (AvgIpc) is 2.46. The molecule has 0 bridgehead atoms. The second kappa shape index (κ2) is 7.50. The summed E-state index contributed by atoms with van der Waals surface area (Å²) in [7, 11) is 0. The van der Waals surface area contributed by atoms with Gasteiger partial charge in [-0.1, -0.05) is 58.4 Å². The molecule has 0 fully saturated rings. The van der Waals surface area contributed by atoms with Crippen LogP contribution in [0.25, 0.3) is 0 Å². The predicted octanol–water partition coefficient (Wildman–Crippen LogP) is 4.38. The second-order valence-electron chi connectivity index (χ2n) is 4.45.